The third-order valence-electron chi connectivity index (χ3n) is 8.21. The second-order valence-electron chi connectivity index (χ2n) is 11.0. The molecule has 2 heterocycles. The van der Waals surface area contributed by atoms with Crippen LogP contribution in [0.25, 0.3) is 0 Å². The Balaban J connectivity index is 1.36. The SMILES string of the molecule is Cc1cc(S(=O)(=O)NC23CC4CC(CC(NCC(=O)N5CCC[C@H]5C=N)(C4)C2)C3)c(C(F)(F)F)o1. The fourth-order valence-corrected chi connectivity index (χ4v) is 9.10. The van der Waals surface area contributed by atoms with E-state index in [2.05, 4.69) is 10.0 Å². The summed E-state index contributed by atoms with van der Waals surface area (Å²) in [6.45, 7) is 2.01. The van der Waals surface area contributed by atoms with Crippen molar-refractivity contribution in [1.29, 1.82) is 5.41 Å². The number of rotatable bonds is 7. The molecule has 35 heavy (non-hydrogen) atoms. The number of furan rings is 1. The Morgan fingerprint density at radius 2 is 1.91 bits per heavy atom. The number of nitrogens with one attached hydrogen (secondary N) is 3. The Hall–Kier alpha value is -1.92. The van der Waals surface area contributed by atoms with Gasteiger partial charge in [0, 0.05) is 29.9 Å². The van der Waals surface area contributed by atoms with E-state index in [4.69, 9.17) is 9.83 Å². The lowest BCUT2D eigenvalue weighted by Crippen LogP contribution is -2.69. The maximum atomic E-state index is 13.5. The number of amides is 1. The van der Waals surface area contributed by atoms with Gasteiger partial charge in [0.15, 0.2) is 0 Å². The molecule has 1 saturated heterocycles. The largest absolute Gasteiger partial charge is 0.455 e. The molecule has 4 saturated carbocycles. The maximum absolute atomic E-state index is 13.5. The van der Waals surface area contributed by atoms with Crippen molar-refractivity contribution in [3.8, 4) is 0 Å². The van der Waals surface area contributed by atoms with Crippen LogP contribution in [0.3, 0.4) is 0 Å². The van der Waals surface area contributed by atoms with Crippen molar-refractivity contribution < 1.29 is 30.8 Å². The third kappa shape index (κ3) is 4.53. The van der Waals surface area contributed by atoms with Gasteiger partial charge in [-0.25, -0.2) is 13.1 Å². The molecule has 3 atom stereocenters. The number of likely N-dealkylation sites (tertiary alicyclic amines) is 1. The number of aryl methyl sites for hydroxylation is 1. The molecule has 0 spiro atoms. The number of hydrogen-bond donors (Lipinski definition) is 3. The minimum Gasteiger partial charge on any atom is -0.455 e. The summed E-state index contributed by atoms with van der Waals surface area (Å²) in [5.74, 6) is -1.24. The molecule has 6 rings (SSSR count). The zero-order chi connectivity index (χ0) is 25.2. The fraction of sp³-hybridized carbons (Fsp3) is 0.739. The summed E-state index contributed by atoms with van der Waals surface area (Å²) in [5.41, 5.74) is -1.31. The Bertz CT molecular complexity index is 1120. The molecule has 2 unspecified atom stereocenters. The number of nitrogens with zero attached hydrogens (tertiary/aromatic N) is 1. The molecule has 0 radical (unpaired) electrons. The van der Waals surface area contributed by atoms with Gasteiger partial charge in [-0.3, -0.25) is 4.79 Å². The van der Waals surface area contributed by atoms with Crippen LogP contribution in [-0.4, -0.2) is 55.6 Å². The summed E-state index contributed by atoms with van der Waals surface area (Å²) < 4.78 is 74.3. The van der Waals surface area contributed by atoms with Crippen LogP contribution in [0.1, 0.15) is 62.9 Å². The van der Waals surface area contributed by atoms with E-state index in [1.807, 2.05) is 0 Å². The van der Waals surface area contributed by atoms with Crippen molar-refractivity contribution in [2.24, 2.45) is 11.8 Å². The van der Waals surface area contributed by atoms with Crippen LogP contribution in [0, 0.1) is 24.2 Å². The molecule has 1 aliphatic heterocycles. The van der Waals surface area contributed by atoms with E-state index in [9.17, 15) is 26.4 Å². The van der Waals surface area contributed by atoms with Crippen molar-refractivity contribution in [1.82, 2.24) is 14.9 Å². The number of halogens is 3. The van der Waals surface area contributed by atoms with Gasteiger partial charge in [-0.1, -0.05) is 0 Å². The second kappa shape index (κ2) is 8.31. The highest BCUT2D eigenvalue weighted by molar-refractivity contribution is 7.89. The predicted molar refractivity (Wildman–Crippen MR) is 120 cm³/mol. The lowest BCUT2D eigenvalue weighted by atomic mass is 9.50. The summed E-state index contributed by atoms with van der Waals surface area (Å²) in [6.07, 6.45) is 2.16. The summed E-state index contributed by atoms with van der Waals surface area (Å²) in [4.78, 5) is 13.7. The molecule has 5 aliphatic rings. The first-order valence-corrected chi connectivity index (χ1v) is 13.6. The minimum atomic E-state index is -4.92. The predicted octanol–water partition coefficient (Wildman–Crippen LogP) is 3.21. The van der Waals surface area contributed by atoms with E-state index < -0.39 is 37.9 Å². The molecule has 4 bridgehead atoms. The van der Waals surface area contributed by atoms with Gasteiger partial charge in [0.25, 0.3) is 0 Å². The Kier molecular flexibility index (Phi) is 5.88. The van der Waals surface area contributed by atoms with Crippen molar-refractivity contribution in [2.75, 3.05) is 13.1 Å². The molecule has 8 nitrogen and oxygen atoms in total. The highest BCUT2D eigenvalue weighted by atomic mass is 32.2. The molecular formula is C23H31F3N4O4S. The molecule has 1 aromatic heterocycles. The zero-order valence-corrected chi connectivity index (χ0v) is 20.4. The first kappa shape index (κ1) is 24.8. The minimum absolute atomic E-state index is 0.0786. The van der Waals surface area contributed by atoms with Gasteiger partial charge >= 0.3 is 6.18 Å². The zero-order valence-electron chi connectivity index (χ0n) is 19.6. The fourth-order valence-electron chi connectivity index (χ4n) is 7.46. The van der Waals surface area contributed by atoms with Crippen LogP contribution in [0.15, 0.2) is 15.4 Å². The van der Waals surface area contributed by atoms with Crippen LogP contribution in [0.5, 0.6) is 0 Å². The standard InChI is InChI=1S/C23H31F3N4O4S/c1-14-5-18(20(34-14)23(24,25)26)35(32,33)29-22-9-15-6-16(10-22)8-21(7-15,13-22)28-12-19(31)30-4-2-3-17(30)11-27/h5,11,15-17,27-29H,2-4,6-10,12-13H2,1H3/t15?,16?,17-,21?,22?/m0/s1. The van der Waals surface area contributed by atoms with Gasteiger partial charge < -0.3 is 20.0 Å². The average Bonchev–Trinajstić information content (AvgIpc) is 3.37. The first-order chi connectivity index (χ1) is 16.3. The van der Waals surface area contributed by atoms with Gasteiger partial charge in [0.1, 0.15) is 10.7 Å². The Labute approximate surface area is 202 Å². The van der Waals surface area contributed by atoms with Crippen LogP contribution in [0.4, 0.5) is 13.2 Å². The lowest BCUT2D eigenvalue weighted by Gasteiger charge is -2.62. The molecule has 0 aromatic carbocycles. The normalized spacial score (nSPS) is 34.5. The summed E-state index contributed by atoms with van der Waals surface area (Å²) in [6, 6.07) is 0.744. The Morgan fingerprint density at radius 1 is 1.26 bits per heavy atom. The number of sulfonamides is 1. The molecule has 12 heteroatoms. The number of alkyl halides is 3. The van der Waals surface area contributed by atoms with E-state index in [-0.39, 0.29) is 36.1 Å². The van der Waals surface area contributed by atoms with Crippen molar-refractivity contribution >= 4 is 22.1 Å². The van der Waals surface area contributed by atoms with Crippen LogP contribution >= 0.6 is 0 Å². The van der Waals surface area contributed by atoms with Crippen LogP contribution < -0.4 is 10.0 Å². The van der Waals surface area contributed by atoms with E-state index in [1.165, 1.54) is 13.1 Å². The van der Waals surface area contributed by atoms with Crippen LogP contribution in [0.2, 0.25) is 0 Å². The molecule has 194 valence electrons. The molecule has 1 amide bonds. The van der Waals surface area contributed by atoms with E-state index >= 15 is 0 Å². The first-order valence-electron chi connectivity index (χ1n) is 12.1. The van der Waals surface area contributed by atoms with Crippen molar-refractivity contribution in [3.05, 3.63) is 17.6 Å². The van der Waals surface area contributed by atoms with Gasteiger partial charge in [-0.15, -0.1) is 0 Å². The third-order valence-corrected chi connectivity index (χ3v) is 9.79. The summed E-state index contributed by atoms with van der Waals surface area (Å²) >= 11 is 0. The van der Waals surface area contributed by atoms with Gasteiger partial charge in [0.2, 0.25) is 21.7 Å². The van der Waals surface area contributed by atoms with Crippen LogP contribution in [-0.2, 0) is 21.0 Å². The highest BCUT2D eigenvalue weighted by Gasteiger charge is 2.59. The summed E-state index contributed by atoms with van der Waals surface area (Å²) in [7, 11) is -4.49. The summed E-state index contributed by atoms with van der Waals surface area (Å²) in [5, 5.41) is 11.0. The average molecular weight is 517 g/mol. The molecule has 1 aromatic rings. The maximum Gasteiger partial charge on any atom is 0.450 e. The monoisotopic (exact) mass is 516 g/mol. The van der Waals surface area contributed by atoms with E-state index in [0.717, 1.165) is 38.2 Å². The Morgan fingerprint density at radius 3 is 2.54 bits per heavy atom. The van der Waals surface area contributed by atoms with Gasteiger partial charge in [0.05, 0.1) is 12.6 Å². The quantitative estimate of drug-likeness (QED) is 0.482. The second-order valence-corrected chi connectivity index (χ2v) is 12.6. The molecule has 5 fully saturated rings. The topological polar surface area (TPSA) is 116 Å². The van der Waals surface area contributed by atoms with Crippen molar-refractivity contribution in [2.45, 2.75) is 86.5 Å². The molecule has 4 aliphatic carbocycles. The lowest BCUT2D eigenvalue weighted by molar-refractivity contribution is -0.156. The number of hydrogen-bond acceptors (Lipinski definition) is 6. The number of carbonyl (C=O) groups excluding carboxylic acids is 1. The molecule has 3 N–H and O–H groups in total. The smallest absolute Gasteiger partial charge is 0.450 e. The van der Waals surface area contributed by atoms with Gasteiger partial charge in [-0.05, 0) is 70.1 Å². The van der Waals surface area contributed by atoms with Crippen molar-refractivity contribution in [3.63, 3.8) is 0 Å². The highest BCUT2D eigenvalue weighted by Crippen LogP contribution is 2.58. The number of carbonyl (C=O) groups is 1. The molecular weight excluding hydrogens is 485 g/mol. The van der Waals surface area contributed by atoms with E-state index in [0.29, 0.717) is 25.8 Å². The van der Waals surface area contributed by atoms with Gasteiger partial charge in [-0.2, -0.15) is 13.2 Å². The van der Waals surface area contributed by atoms with E-state index in [1.54, 1.807) is 4.90 Å².